The van der Waals surface area contributed by atoms with Gasteiger partial charge in [-0.1, -0.05) is 11.8 Å². The van der Waals surface area contributed by atoms with Crippen LogP contribution in [-0.2, 0) is 0 Å². The molecule has 0 spiro atoms. The van der Waals surface area contributed by atoms with Crippen molar-refractivity contribution in [2.75, 3.05) is 6.61 Å². The Morgan fingerprint density at radius 3 is 2.94 bits per heavy atom. The van der Waals surface area contributed by atoms with Crippen molar-refractivity contribution in [3.63, 3.8) is 0 Å². The standard InChI is InChI=1S/C13H16N2O2/c1-10(2)15-13(17)12-7-11(8-14-9-12)5-3-4-6-16/h7-10,16H,4,6H2,1-2H3,(H,15,17). The molecule has 1 heterocycles. The van der Waals surface area contributed by atoms with Gasteiger partial charge in [0.05, 0.1) is 12.2 Å². The fourth-order valence-corrected chi connectivity index (χ4v) is 1.20. The molecule has 0 saturated carbocycles. The number of nitrogens with one attached hydrogen (secondary N) is 1. The van der Waals surface area contributed by atoms with E-state index in [0.717, 1.165) is 0 Å². The quantitative estimate of drug-likeness (QED) is 0.763. The molecule has 1 amide bonds. The molecule has 0 aliphatic heterocycles. The van der Waals surface area contributed by atoms with Crippen LogP contribution in [0.3, 0.4) is 0 Å². The minimum atomic E-state index is -0.154. The summed E-state index contributed by atoms with van der Waals surface area (Å²) in [6, 6.07) is 1.78. The number of aliphatic hydroxyl groups excluding tert-OH is 1. The lowest BCUT2D eigenvalue weighted by Crippen LogP contribution is -2.30. The molecule has 1 aromatic heterocycles. The average molecular weight is 232 g/mol. The number of aromatic nitrogens is 1. The maximum atomic E-state index is 11.7. The van der Waals surface area contributed by atoms with Gasteiger partial charge in [-0.05, 0) is 19.9 Å². The highest BCUT2D eigenvalue weighted by molar-refractivity contribution is 5.94. The molecule has 4 heteroatoms. The maximum Gasteiger partial charge on any atom is 0.253 e. The van der Waals surface area contributed by atoms with Crippen molar-refractivity contribution in [3.8, 4) is 11.8 Å². The van der Waals surface area contributed by atoms with Crippen LogP contribution in [0.4, 0.5) is 0 Å². The zero-order valence-electron chi connectivity index (χ0n) is 10.0. The van der Waals surface area contributed by atoms with Crippen LogP contribution in [0.2, 0.25) is 0 Å². The van der Waals surface area contributed by atoms with E-state index in [4.69, 9.17) is 5.11 Å². The van der Waals surface area contributed by atoms with E-state index in [1.165, 1.54) is 6.20 Å². The van der Waals surface area contributed by atoms with E-state index in [0.29, 0.717) is 17.5 Å². The van der Waals surface area contributed by atoms with Gasteiger partial charge in [0.2, 0.25) is 0 Å². The summed E-state index contributed by atoms with van der Waals surface area (Å²) < 4.78 is 0. The van der Waals surface area contributed by atoms with Crippen molar-refractivity contribution in [2.45, 2.75) is 26.3 Å². The zero-order chi connectivity index (χ0) is 12.7. The Kier molecular flexibility index (Phi) is 5.18. The number of amides is 1. The first-order chi connectivity index (χ1) is 8.13. The first kappa shape index (κ1) is 13.2. The largest absolute Gasteiger partial charge is 0.395 e. The Labute approximate surface area is 101 Å². The molecule has 0 aliphatic carbocycles. The van der Waals surface area contributed by atoms with Crippen molar-refractivity contribution in [1.29, 1.82) is 0 Å². The minimum absolute atomic E-state index is 0.0357. The molecule has 4 nitrogen and oxygen atoms in total. The second-order valence-electron chi connectivity index (χ2n) is 3.87. The van der Waals surface area contributed by atoms with Gasteiger partial charge in [0.15, 0.2) is 0 Å². The molecule has 17 heavy (non-hydrogen) atoms. The van der Waals surface area contributed by atoms with Gasteiger partial charge in [-0.25, -0.2) is 0 Å². The Hall–Kier alpha value is -1.86. The van der Waals surface area contributed by atoms with Gasteiger partial charge in [0.1, 0.15) is 0 Å². The molecule has 0 aliphatic rings. The van der Waals surface area contributed by atoms with Crippen molar-refractivity contribution < 1.29 is 9.90 Å². The first-order valence-electron chi connectivity index (χ1n) is 5.49. The molecule has 1 aromatic rings. The fraction of sp³-hybridized carbons (Fsp3) is 0.385. The highest BCUT2D eigenvalue weighted by Gasteiger charge is 2.07. The third-order valence-corrected chi connectivity index (χ3v) is 1.89. The predicted octanol–water partition coefficient (Wildman–Crippen LogP) is 0.954. The Bertz CT molecular complexity index is 444. The van der Waals surface area contributed by atoms with Gasteiger partial charge >= 0.3 is 0 Å². The Morgan fingerprint density at radius 1 is 1.53 bits per heavy atom. The first-order valence-corrected chi connectivity index (χ1v) is 5.49. The minimum Gasteiger partial charge on any atom is -0.395 e. The molecular formula is C13H16N2O2. The lowest BCUT2D eigenvalue weighted by Gasteiger charge is -2.07. The van der Waals surface area contributed by atoms with Crippen molar-refractivity contribution in [3.05, 3.63) is 29.6 Å². The molecule has 90 valence electrons. The summed E-state index contributed by atoms with van der Waals surface area (Å²) in [4.78, 5) is 15.7. The predicted molar refractivity (Wildman–Crippen MR) is 65.4 cm³/mol. The Balaban J connectivity index is 2.79. The molecule has 0 unspecified atom stereocenters. The van der Waals surface area contributed by atoms with Crippen LogP contribution in [-0.4, -0.2) is 28.6 Å². The van der Waals surface area contributed by atoms with Crippen molar-refractivity contribution in [2.24, 2.45) is 0 Å². The van der Waals surface area contributed by atoms with Crippen molar-refractivity contribution in [1.82, 2.24) is 10.3 Å². The van der Waals surface area contributed by atoms with Crippen LogP contribution < -0.4 is 5.32 Å². The summed E-state index contributed by atoms with van der Waals surface area (Å²) in [5.41, 5.74) is 1.17. The summed E-state index contributed by atoms with van der Waals surface area (Å²) in [6.45, 7) is 3.83. The van der Waals surface area contributed by atoms with E-state index in [1.807, 2.05) is 13.8 Å². The molecule has 0 atom stereocenters. The van der Waals surface area contributed by atoms with Gasteiger partial charge in [0, 0.05) is 30.4 Å². The second-order valence-corrected chi connectivity index (χ2v) is 3.87. The van der Waals surface area contributed by atoms with Gasteiger partial charge in [0.25, 0.3) is 5.91 Å². The van der Waals surface area contributed by atoms with Gasteiger partial charge < -0.3 is 10.4 Å². The van der Waals surface area contributed by atoms with E-state index in [9.17, 15) is 4.79 Å². The maximum absolute atomic E-state index is 11.7. The zero-order valence-corrected chi connectivity index (χ0v) is 10.0. The number of rotatable bonds is 3. The summed E-state index contributed by atoms with van der Waals surface area (Å²) in [6.07, 6.45) is 3.52. The number of nitrogens with zero attached hydrogens (tertiary/aromatic N) is 1. The third-order valence-electron chi connectivity index (χ3n) is 1.89. The number of hydrogen-bond donors (Lipinski definition) is 2. The van der Waals surface area contributed by atoms with E-state index in [2.05, 4.69) is 22.1 Å². The Morgan fingerprint density at radius 2 is 2.29 bits per heavy atom. The molecular weight excluding hydrogens is 216 g/mol. The molecule has 0 bridgehead atoms. The molecule has 0 saturated heterocycles. The summed E-state index contributed by atoms with van der Waals surface area (Å²) in [5, 5.41) is 11.4. The molecule has 0 aromatic carbocycles. The van der Waals surface area contributed by atoms with Gasteiger partial charge in [-0.2, -0.15) is 0 Å². The smallest absolute Gasteiger partial charge is 0.253 e. The lowest BCUT2D eigenvalue weighted by atomic mass is 10.2. The lowest BCUT2D eigenvalue weighted by molar-refractivity contribution is 0.0942. The number of carbonyl (C=O) groups excluding carboxylic acids is 1. The van der Waals surface area contributed by atoms with Gasteiger partial charge in [-0.3, -0.25) is 9.78 Å². The highest BCUT2D eigenvalue weighted by atomic mass is 16.2. The molecule has 0 radical (unpaired) electrons. The number of aliphatic hydroxyl groups is 1. The van der Waals surface area contributed by atoms with Crippen LogP contribution in [0.1, 0.15) is 36.2 Å². The van der Waals surface area contributed by atoms with E-state index in [1.54, 1.807) is 12.3 Å². The van der Waals surface area contributed by atoms with E-state index >= 15 is 0 Å². The number of hydrogen-bond acceptors (Lipinski definition) is 3. The van der Waals surface area contributed by atoms with E-state index in [-0.39, 0.29) is 18.6 Å². The topological polar surface area (TPSA) is 62.2 Å². The molecule has 1 rings (SSSR count). The molecule has 0 fully saturated rings. The highest BCUT2D eigenvalue weighted by Crippen LogP contribution is 2.02. The second kappa shape index (κ2) is 6.66. The fourth-order valence-electron chi connectivity index (χ4n) is 1.20. The number of carbonyl (C=O) groups is 1. The SMILES string of the molecule is CC(C)NC(=O)c1cncc(C#CCCO)c1. The third kappa shape index (κ3) is 4.66. The summed E-state index contributed by atoms with van der Waals surface area (Å²) in [5.74, 6) is 5.47. The summed E-state index contributed by atoms with van der Waals surface area (Å²) >= 11 is 0. The van der Waals surface area contributed by atoms with Crippen LogP contribution in [0.25, 0.3) is 0 Å². The average Bonchev–Trinajstić information content (AvgIpc) is 2.29. The molecule has 2 N–H and O–H groups in total. The monoisotopic (exact) mass is 232 g/mol. The normalized spacial score (nSPS) is 9.65. The van der Waals surface area contributed by atoms with E-state index < -0.39 is 0 Å². The van der Waals surface area contributed by atoms with Gasteiger partial charge in [-0.15, -0.1) is 0 Å². The number of pyridine rings is 1. The van der Waals surface area contributed by atoms with Crippen LogP contribution >= 0.6 is 0 Å². The van der Waals surface area contributed by atoms with Crippen LogP contribution in [0.5, 0.6) is 0 Å². The summed E-state index contributed by atoms with van der Waals surface area (Å²) in [7, 11) is 0. The van der Waals surface area contributed by atoms with Crippen LogP contribution in [0, 0.1) is 11.8 Å². The van der Waals surface area contributed by atoms with Crippen LogP contribution in [0.15, 0.2) is 18.5 Å². The van der Waals surface area contributed by atoms with Crippen molar-refractivity contribution >= 4 is 5.91 Å².